The van der Waals surface area contributed by atoms with E-state index in [0.29, 0.717) is 22.5 Å². The van der Waals surface area contributed by atoms with Gasteiger partial charge >= 0.3 is 11.9 Å². The number of primary amides is 1. The average Bonchev–Trinajstić information content (AvgIpc) is 2.66. The average molecular weight is 311 g/mol. The molecule has 1 aliphatic rings. The normalized spacial score (nSPS) is 20.4. The maximum Gasteiger partial charge on any atom is 0.426 e. The van der Waals surface area contributed by atoms with Gasteiger partial charge in [-0.3, -0.25) is 4.99 Å². The summed E-state index contributed by atoms with van der Waals surface area (Å²) in [5, 5.41) is 0. The second-order valence-electron chi connectivity index (χ2n) is 5.31. The van der Waals surface area contributed by atoms with Gasteiger partial charge < -0.3 is 5.73 Å². The molecule has 0 fully saturated rings. The van der Waals surface area contributed by atoms with Crippen LogP contribution in [0.5, 0.6) is 0 Å². The molecule has 0 aliphatic carbocycles. The summed E-state index contributed by atoms with van der Waals surface area (Å²) in [5.74, 6) is -0.906. The lowest BCUT2D eigenvalue weighted by atomic mass is 9.99. The Labute approximate surface area is 132 Å². The van der Waals surface area contributed by atoms with Crippen molar-refractivity contribution < 1.29 is 14.0 Å². The van der Waals surface area contributed by atoms with Crippen LogP contribution in [0.1, 0.15) is 11.1 Å². The first-order chi connectivity index (χ1) is 10.9. The number of nitrogens with zero attached hydrogens (tertiary/aromatic N) is 2. The van der Waals surface area contributed by atoms with E-state index in [1.165, 1.54) is 19.2 Å². The molecule has 3 amide bonds. The Morgan fingerprint density at radius 1 is 1.13 bits per heavy atom. The van der Waals surface area contributed by atoms with Gasteiger partial charge in [0, 0.05) is 11.6 Å². The number of quaternary nitrogens is 1. The predicted octanol–water partition coefficient (Wildman–Crippen LogP) is 2.38. The smallest absolute Gasteiger partial charge is 0.318 e. The Kier molecular flexibility index (Phi) is 3.54. The lowest BCUT2D eigenvalue weighted by Gasteiger charge is -2.25. The number of benzodiazepines with no additional fused rings is 1. The number of imide groups is 1. The molecule has 5 nitrogen and oxygen atoms in total. The molecule has 1 radical (unpaired) electrons. The summed E-state index contributed by atoms with van der Waals surface area (Å²) in [6.45, 7) is 1.09. The van der Waals surface area contributed by atoms with Crippen LogP contribution in [-0.4, -0.2) is 24.7 Å². The molecule has 1 unspecified atom stereocenters. The van der Waals surface area contributed by atoms with Crippen LogP contribution in [0, 0.1) is 12.4 Å². The lowest BCUT2D eigenvalue weighted by molar-refractivity contribution is -0.123. The first-order valence-electron chi connectivity index (χ1n) is 6.92. The molecular weight excluding hydrogens is 297 g/mol. The summed E-state index contributed by atoms with van der Waals surface area (Å²) in [6.07, 6.45) is 0. The van der Waals surface area contributed by atoms with E-state index >= 15 is 0 Å². The highest BCUT2D eigenvalue weighted by atomic mass is 19.1. The number of carbonyl (C=O) groups excluding carboxylic acids is 2. The fraction of sp³-hybridized carbons (Fsp3) is 0.0588. The lowest BCUT2D eigenvalue weighted by Crippen LogP contribution is -2.58. The predicted molar refractivity (Wildman–Crippen MR) is 85.1 cm³/mol. The van der Waals surface area contributed by atoms with Gasteiger partial charge in [-0.15, -0.1) is 4.48 Å². The number of likely N-dealkylation sites (N-methyl/N-ethyl adjacent to an activating group) is 1. The number of fused-ring (bicyclic) bond motifs is 1. The maximum atomic E-state index is 13.2. The third-order valence-corrected chi connectivity index (χ3v) is 3.94. The van der Waals surface area contributed by atoms with Crippen LogP contribution in [-0.2, 0) is 4.79 Å². The Morgan fingerprint density at radius 3 is 2.43 bits per heavy atom. The highest BCUT2D eigenvalue weighted by Crippen LogP contribution is 2.32. The van der Waals surface area contributed by atoms with Crippen molar-refractivity contribution in [2.45, 2.75) is 0 Å². The van der Waals surface area contributed by atoms with E-state index in [4.69, 9.17) is 5.73 Å². The SMILES string of the molecule is C[N+]1(C(N)=O)C(=O)[CH]N=C(c2ccc(F)cc2)c2ccccc21. The molecule has 115 valence electrons. The number of carbonyl (C=O) groups is 2. The summed E-state index contributed by atoms with van der Waals surface area (Å²) in [6, 6.07) is 11.9. The number of hydrogen-bond donors (Lipinski definition) is 1. The Morgan fingerprint density at radius 2 is 1.78 bits per heavy atom. The number of para-hydroxylation sites is 1. The van der Waals surface area contributed by atoms with E-state index in [-0.39, 0.29) is 5.82 Å². The monoisotopic (exact) mass is 311 g/mol. The highest BCUT2D eigenvalue weighted by molar-refractivity contribution is 6.23. The molecule has 1 aliphatic heterocycles. The third-order valence-electron chi connectivity index (χ3n) is 3.94. The fourth-order valence-electron chi connectivity index (χ4n) is 2.55. The van der Waals surface area contributed by atoms with Crippen molar-refractivity contribution >= 4 is 23.3 Å². The molecule has 1 heterocycles. The molecule has 2 N–H and O–H groups in total. The topological polar surface area (TPSA) is 72.5 Å². The molecule has 3 rings (SSSR count). The van der Waals surface area contributed by atoms with Gasteiger partial charge in [-0.25, -0.2) is 14.0 Å². The van der Waals surface area contributed by atoms with Crippen molar-refractivity contribution in [2.24, 2.45) is 10.7 Å². The molecule has 6 heteroatoms. The van der Waals surface area contributed by atoms with Crippen LogP contribution in [0.15, 0.2) is 53.5 Å². The van der Waals surface area contributed by atoms with Crippen molar-refractivity contribution in [1.29, 1.82) is 0 Å². The van der Waals surface area contributed by atoms with Crippen molar-refractivity contribution in [1.82, 2.24) is 4.48 Å². The largest absolute Gasteiger partial charge is 0.426 e. The minimum atomic E-state index is -0.797. The van der Waals surface area contributed by atoms with E-state index in [9.17, 15) is 14.0 Å². The highest BCUT2D eigenvalue weighted by Gasteiger charge is 2.45. The molecule has 2 aromatic carbocycles. The first kappa shape index (κ1) is 15.1. The van der Waals surface area contributed by atoms with Crippen molar-refractivity contribution in [3.05, 3.63) is 72.0 Å². The zero-order chi connectivity index (χ0) is 16.6. The number of amides is 3. The number of urea groups is 1. The van der Waals surface area contributed by atoms with Crippen LogP contribution in [0.25, 0.3) is 0 Å². The van der Waals surface area contributed by atoms with Crippen LogP contribution in [0.4, 0.5) is 14.9 Å². The standard InChI is InChI=1S/C17H13FN3O2/c1-21(17(19)23)14-5-3-2-4-13(14)16(20-10-15(21)22)11-6-8-12(18)9-7-11/h2-10H,1H3,(H-,19,23)/p+1. The van der Waals surface area contributed by atoms with Crippen molar-refractivity contribution in [3.63, 3.8) is 0 Å². The molecule has 0 aromatic heterocycles. The van der Waals surface area contributed by atoms with Gasteiger partial charge in [-0.1, -0.05) is 12.1 Å². The molecule has 1 atom stereocenters. The van der Waals surface area contributed by atoms with E-state index in [1.807, 2.05) is 0 Å². The summed E-state index contributed by atoms with van der Waals surface area (Å²) in [5.41, 5.74) is 7.63. The Balaban J connectivity index is 2.25. The van der Waals surface area contributed by atoms with E-state index < -0.39 is 16.4 Å². The summed E-state index contributed by atoms with van der Waals surface area (Å²) in [7, 11) is 1.43. The van der Waals surface area contributed by atoms with Crippen LogP contribution < -0.4 is 10.2 Å². The van der Waals surface area contributed by atoms with Gasteiger partial charge in [0.05, 0.1) is 18.3 Å². The molecule has 0 bridgehead atoms. The van der Waals surface area contributed by atoms with Gasteiger partial charge in [0.2, 0.25) is 6.54 Å². The minimum Gasteiger partial charge on any atom is -0.318 e. The summed E-state index contributed by atoms with van der Waals surface area (Å²) < 4.78 is 12.5. The summed E-state index contributed by atoms with van der Waals surface area (Å²) in [4.78, 5) is 28.6. The molecule has 2 aromatic rings. The van der Waals surface area contributed by atoms with Crippen LogP contribution in [0.3, 0.4) is 0 Å². The second kappa shape index (κ2) is 5.40. The molecular formula is C17H14FN3O2+. The Bertz CT molecular complexity index is 830. The molecule has 23 heavy (non-hydrogen) atoms. The zero-order valence-electron chi connectivity index (χ0n) is 12.4. The number of hydrogen-bond acceptors (Lipinski definition) is 3. The van der Waals surface area contributed by atoms with E-state index in [0.717, 1.165) is 6.54 Å². The van der Waals surface area contributed by atoms with Gasteiger partial charge in [0.15, 0.2) is 5.69 Å². The number of nitrogens with two attached hydrogens (primary N) is 1. The van der Waals surface area contributed by atoms with E-state index in [1.54, 1.807) is 36.4 Å². The minimum absolute atomic E-state index is 0.367. The van der Waals surface area contributed by atoms with Crippen molar-refractivity contribution in [2.75, 3.05) is 7.05 Å². The van der Waals surface area contributed by atoms with Crippen LogP contribution in [0.2, 0.25) is 0 Å². The second-order valence-corrected chi connectivity index (χ2v) is 5.31. The molecule has 0 saturated heterocycles. The third kappa shape index (κ3) is 2.33. The first-order valence-corrected chi connectivity index (χ1v) is 6.92. The number of benzene rings is 2. The van der Waals surface area contributed by atoms with Gasteiger partial charge in [-0.05, 0) is 30.3 Å². The number of halogens is 1. The fourth-order valence-corrected chi connectivity index (χ4v) is 2.55. The van der Waals surface area contributed by atoms with Crippen molar-refractivity contribution in [3.8, 4) is 0 Å². The summed E-state index contributed by atoms with van der Waals surface area (Å²) >= 11 is 0. The number of aliphatic imine (C=N–C) groups is 1. The zero-order valence-corrected chi connectivity index (χ0v) is 12.4. The van der Waals surface area contributed by atoms with Gasteiger partial charge in [0.25, 0.3) is 0 Å². The molecule has 0 spiro atoms. The van der Waals surface area contributed by atoms with E-state index in [2.05, 4.69) is 4.99 Å². The quantitative estimate of drug-likeness (QED) is 0.821. The van der Waals surface area contributed by atoms with Crippen LogP contribution >= 0.6 is 0 Å². The molecule has 0 saturated carbocycles. The Hall–Kier alpha value is -2.86. The van der Waals surface area contributed by atoms with Gasteiger partial charge in [0.1, 0.15) is 5.82 Å². The number of rotatable bonds is 1. The maximum absolute atomic E-state index is 13.2. The van der Waals surface area contributed by atoms with Gasteiger partial charge in [-0.2, -0.15) is 0 Å².